The maximum absolute atomic E-state index is 10.4. The average Bonchev–Trinajstić information content (AvgIpc) is 2.67. The fraction of sp³-hybridized carbons (Fsp3) is 0. The van der Waals surface area contributed by atoms with Gasteiger partial charge in [-0.15, -0.1) is 0 Å². The van der Waals surface area contributed by atoms with Crippen LogP contribution in [0.5, 0.6) is 0 Å². The van der Waals surface area contributed by atoms with Crippen molar-refractivity contribution in [2.75, 3.05) is 0 Å². The minimum absolute atomic E-state index is 0.287. The van der Waals surface area contributed by atoms with Gasteiger partial charge < -0.3 is 4.42 Å². The zero-order valence-electron chi connectivity index (χ0n) is 7.11. The minimum atomic E-state index is 0.287. The van der Waals surface area contributed by atoms with E-state index in [9.17, 15) is 4.79 Å². The Hall–Kier alpha value is -1.61. The van der Waals surface area contributed by atoms with E-state index in [1.165, 1.54) is 6.26 Å². The number of halogens is 1. The maximum Gasteiger partial charge on any atom is 0.226 e. The molecule has 0 aliphatic heterocycles. The van der Waals surface area contributed by atoms with Gasteiger partial charge in [0.1, 0.15) is 12.0 Å². The molecule has 1 heterocycles. The first kappa shape index (κ1) is 8.97. The van der Waals surface area contributed by atoms with Crippen LogP contribution >= 0.6 is 11.6 Å². The van der Waals surface area contributed by atoms with E-state index in [1.807, 2.05) is 0 Å². The van der Waals surface area contributed by atoms with Crippen molar-refractivity contribution in [1.29, 1.82) is 0 Å². The topological polar surface area (TPSA) is 43.1 Å². The number of hydrogen-bond acceptors (Lipinski definition) is 3. The van der Waals surface area contributed by atoms with E-state index in [4.69, 9.17) is 16.0 Å². The Kier molecular flexibility index (Phi) is 2.33. The molecule has 70 valence electrons. The average molecular weight is 208 g/mol. The van der Waals surface area contributed by atoms with Gasteiger partial charge in [-0.2, -0.15) is 0 Å². The summed E-state index contributed by atoms with van der Waals surface area (Å²) in [7, 11) is 0. The molecule has 3 nitrogen and oxygen atoms in total. The fourth-order valence-electron chi connectivity index (χ4n) is 1.07. The molecular formula is C10H6ClNO2. The van der Waals surface area contributed by atoms with Crippen LogP contribution in [0.4, 0.5) is 0 Å². The lowest BCUT2D eigenvalue weighted by molar-refractivity contribution is 0.111. The summed E-state index contributed by atoms with van der Waals surface area (Å²) in [5.74, 6) is 0.420. The molecule has 0 unspecified atom stereocenters. The molecule has 2 aromatic rings. The summed E-state index contributed by atoms with van der Waals surface area (Å²) in [5, 5.41) is 0.649. The van der Waals surface area contributed by atoms with Crippen molar-refractivity contribution >= 4 is 17.9 Å². The second kappa shape index (κ2) is 3.64. The van der Waals surface area contributed by atoms with Crippen LogP contribution in [0.15, 0.2) is 34.9 Å². The van der Waals surface area contributed by atoms with E-state index in [2.05, 4.69) is 4.98 Å². The van der Waals surface area contributed by atoms with Gasteiger partial charge in [0.15, 0.2) is 6.29 Å². The summed E-state index contributed by atoms with van der Waals surface area (Å²) in [6.07, 6.45) is 1.96. The number of rotatable bonds is 2. The zero-order chi connectivity index (χ0) is 9.97. The van der Waals surface area contributed by atoms with Crippen LogP contribution in [-0.2, 0) is 0 Å². The summed E-state index contributed by atoms with van der Waals surface area (Å²) < 4.78 is 5.10. The molecule has 0 aliphatic rings. The number of carbonyl (C=O) groups is 1. The third-order valence-corrected chi connectivity index (χ3v) is 1.99. The Morgan fingerprint density at radius 3 is 2.57 bits per heavy atom. The first-order valence-corrected chi connectivity index (χ1v) is 4.34. The van der Waals surface area contributed by atoms with Crippen molar-refractivity contribution in [2.24, 2.45) is 0 Å². The number of aldehydes is 1. The molecule has 0 aliphatic carbocycles. The van der Waals surface area contributed by atoms with Gasteiger partial charge in [-0.1, -0.05) is 11.6 Å². The molecule has 0 fully saturated rings. The summed E-state index contributed by atoms with van der Waals surface area (Å²) in [5.41, 5.74) is 1.08. The quantitative estimate of drug-likeness (QED) is 0.712. The number of carbonyl (C=O) groups excluding carboxylic acids is 1. The molecule has 0 amide bonds. The van der Waals surface area contributed by atoms with E-state index in [0.717, 1.165) is 5.56 Å². The van der Waals surface area contributed by atoms with Gasteiger partial charge in [0, 0.05) is 10.6 Å². The molecule has 0 radical (unpaired) electrons. The third kappa shape index (κ3) is 1.67. The second-order valence-corrected chi connectivity index (χ2v) is 3.14. The highest BCUT2D eigenvalue weighted by molar-refractivity contribution is 6.30. The summed E-state index contributed by atoms with van der Waals surface area (Å²) in [6.45, 7) is 0. The number of oxazole rings is 1. The van der Waals surface area contributed by atoms with Gasteiger partial charge in [-0.05, 0) is 24.3 Å². The Morgan fingerprint density at radius 2 is 2.00 bits per heavy atom. The van der Waals surface area contributed by atoms with Crippen molar-refractivity contribution in [3.63, 3.8) is 0 Å². The van der Waals surface area contributed by atoms with E-state index in [1.54, 1.807) is 24.3 Å². The van der Waals surface area contributed by atoms with E-state index in [-0.39, 0.29) is 5.69 Å². The molecule has 0 N–H and O–H groups in total. The largest absolute Gasteiger partial charge is 0.444 e. The molecular weight excluding hydrogens is 202 g/mol. The summed E-state index contributed by atoms with van der Waals surface area (Å²) >= 11 is 5.72. The van der Waals surface area contributed by atoms with Crippen LogP contribution in [0.1, 0.15) is 10.5 Å². The van der Waals surface area contributed by atoms with Crippen LogP contribution in [0.2, 0.25) is 5.02 Å². The molecule has 0 atom stereocenters. The Bertz CT molecular complexity index is 447. The predicted octanol–water partition coefficient (Wildman–Crippen LogP) is 2.81. The van der Waals surface area contributed by atoms with Crippen LogP contribution in [0, 0.1) is 0 Å². The molecule has 0 bridgehead atoms. The van der Waals surface area contributed by atoms with Crippen LogP contribution < -0.4 is 0 Å². The smallest absolute Gasteiger partial charge is 0.226 e. The highest BCUT2D eigenvalue weighted by Crippen LogP contribution is 2.20. The Morgan fingerprint density at radius 1 is 1.29 bits per heavy atom. The van der Waals surface area contributed by atoms with Gasteiger partial charge in [0.25, 0.3) is 0 Å². The van der Waals surface area contributed by atoms with Gasteiger partial charge >= 0.3 is 0 Å². The standard InChI is InChI=1S/C10H6ClNO2/c11-8-3-1-7(2-4-8)10-12-9(5-13)6-14-10/h1-6H. The highest BCUT2D eigenvalue weighted by Gasteiger charge is 2.04. The van der Waals surface area contributed by atoms with Crippen molar-refractivity contribution in [2.45, 2.75) is 0 Å². The number of benzene rings is 1. The maximum atomic E-state index is 10.4. The van der Waals surface area contributed by atoms with Crippen molar-refractivity contribution in [1.82, 2.24) is 4.98 Å². The molecule has 1 aromatic heterocycles. The van der Waals surface area contributed by atoms with Crippen molar-refractivity contribution in [3.8, 4) is 11.5 Å². The molecule has 4 heteroatoms. The van der Waals surface area contributed by atoms with Crippen molar-refractivity contribution in [3.05, 3.63) is 41.2 Å². The molecule has 0 spiro atoms. The molecule has 0 saturated carbocycles. The Labute approximate surface area is 85.3 Å². The molecule has 0 saturated heterocycles. The monoisotopic (exact) mass is 207 g/mol. The van der Waals surface area contributed by atoms with Gasteiger partial charge in [0.2, 0.25) is 5.89 Å². The normalized spacial score (nSPS) is 10.1. The van der Waals surface area contributed by atoms with Gasteiger partial charge in [-0.3, -0.25) is 4.79 Å². The fourth-order valence-corrected chi connectivity index (χ4v) is 1.19. The zero-order valence-corrected chi connectivity index (χ0v) is 7.86. The van der Waals surface area contributed by atoms with E-state index < -0.39 is 0 Å². The number of aromatic nitrogens is 1. The van der Waals surface area contributed by atoms with Gasteiger partial charge in [-0.25, -0.2) is 4.98 Å². The van der Waals surface area contributed by atoms with Crippen LogP contribution in [-0.4, -0.2) is 11.3 Å². The van der Waals surface area contributed by atoms with Crippen LogP contribution in [0.25, 0.3) is 11.5 Å². The first-order chi connectivity index (χ1) is 6.79. The first-order valence-electron chi connectivity index (χ1n) is 3.96. The molecule has 1 aromatic carbocycles. The minimum Gasteiger partial charge on any atom is -0.444 e. The Balaban J connectivity index is 2.39. The third-order valence-electron chi connectivity index (χ3n) is 1.73. The van der Waals surface area contributed by atoms with Gasteiger partial charge in [0.05, 0.1) is 0 Å². The summed E-state index contributed by atoms with van der Waals surface area (Å²) in [6, 6.07) is 7.04. The lowest BCUT2D eigenvalue weighted by Crippen LogP contribution is -1.80. The second-order valence-electron chi connectivity index (χ2n) is 2.70. The number of nitrogens with zero attached hydrogens (tertiary/aromatic N) is 1. The SMILES string of the molecule is O=Cc1coc(-c2ccc(Cl)cc2)n1. The lowest BCUT2D eigenvalue weighted by Gasteiger charge is -1.93. The lowest BCUT2D eigenvalue weighted by atomic mass is 10.2. The molecule has 14 heavy (non-hydrogen) atoms. The predicted molar refractivity (Wildman–Crippen MR) is 52.3 cm³/mol. The number of hydrogen-bond donors (Lipinski definition) is 0. The van der Waals surface area contributed by atoms with Crippen LogP contribution in [0.3, 0.4) is 0 Å². The van der Waals surface area contributed by atoms with E-state index >= 15 is 0 Å². The van der Waals surface area contributed by atoms with E-state index in [0.29, 0.717) is 17.2 Å². The summed E-state index contributed by atoms with van der Waals surface area (Å²) in [4.78, 5) is 14.3. The molecule has 2 rings (SSSR count). The highest BCUT2D eigenvalue weighted by atomic mass is 35.5. The van der Waals surface area contributed by atoms with Crippen molar-refractivity contribution < 1.29 is 9.21 Å².